The number of likely N-dealkylation sites (tertiary alicyclic amines) is 1. The Labute approximate surface area is 164 Å². The molecule has 1 aromatic rings. The van der Waals surface area contributed by atoms with Crippen molar-refractivity contribution in [3.8, 4) is 0 Å². The summed E-state index contributed by atoms with van der Waals surface area (Å²) >= 11 is 0.681. The van der Waals surface area contributed by atoms with Gasteiger partial charge in [0.25, 0.3) is 11.1 Å². The van der Waals surface area contributed by atoms with E-state index in [9.17, 15) is 27.6 Å². The molecule has 0 N–H and O–H groups in total. The maximum absolute atomic E-state index is 12.6. The molecule has 2 heterocycles. The zero-order chi connectivity index (χ0) is 20.5. The molecule has 5 nitrogen and oxygen atoms in total. The molecule has 150 valence electrons. The quantitative estimate of drug-likeness (QED) is 0.705. The van der Waals surface area contributed by atoms with E-state index in [0.717, 1.165) is 29.9 Å². The van der Waals surface area contributed by atoms with Crippen molar-refractivity contribution < 1.29 is 27.6 Å². The highest BCUT2D eigenvalue weighted by atomic mass is 32.2. The lowest BCUT2D eigenvalue weighted by Crippen LogP contribution is -2.45. The SMILES string of the molecule is CC1CCN(C(=O)CN2C(=O)S/C(=C\c3ccc(C(F)(F)F)cc3)C2=O)CC1. The van der Waals surface area contributed by atoms with Crippen molar-refractivity contribution in [2.45, 2.75) is 25.9 Å². The van der Waals surface area contributed by atoms with E-state index in [1.54, 1.807) is 4.90 Å². The minimum absolute atomic E-state index is 0.0878. The van der Waals surface area contributed by atoms with E-state index in [-0.39, 0.29) is 17.4 Å². The van der Waals surface area contributed by atoms with Gasteiger partial charge in [0.1, 0.15) is 6.54 Å². The van der Waals surface area contributed by atoms with Gasteiger partial charge in [0.15, 0.2) is 0 Å². The molecule has 28 heavy (non-hydrogen) atoms. The summed E-state index contributed by atoms with van der Waals surface area (Å²) in [6, 6.07) is 4.29. The number of carbonyl (C=O) groups is 3. The standard InChI is InChI=1S/C19H19F3N2O3S/c1-12-6-8-23(9-7-12)16(25)11-24-17(26)15(28-18(24)27)10-13-2-4-14(5-3-13)19(20,21)22/h2-5,10,12H,6-9,11H2,1H3/b15-10-. The molecular weight excluding hydrogens is 393 g/mol. The van der Waals surface area contributed by atoms with E-state index in [0.29, 0.717) is 36.3 Å². The summed E-state index contributed by atoms with van der Waals surface area (Å²) in [5.74, 6) is -0.327. The molecule has 2 aliphatic heterocycles. The van der Waals surface area contributed by atoms with Gasteiger partial charge in [-0.05, 0) is 54.3 Å². The number of imide groups is 1. The number of halogens is 3. The molecule has 9 heteroatoms. The Balaban J connectivity index is 1.67. The first kappa shape index (κ1) is 20.4. The van der Waals surface area contributed by atoms with E-state index < -0.39 is 22.9 Å². The molecule has 0 spiro atoms. The van der Waals surface area contributed by atoms with Crippen LogP contribution in [0.15, 0.2) is 29.2 Å². The van der Waals surface area contributed by atoms with Crippen LogP contribution in [0, 0.1) is 5.92 Å². The van der Waals surface area contributed by atoms with Gasteiger partial charge in [0.05, 0.1) is 10.5 Å². The lowest BCUT2D eigenvalue weighted by Gasteiger charge is -2.31. The maximum atomic E-state index is 12.6. The van der Waals surface area contributed by atoms with Crippen LogP contribution in [0.4, 0.5) is 18.0 Å². The van der Waals surface area contributed by atoms with Crippen LogP contribution in [0.2, 0.25) is 0 Å². The van der Waals surface area contributed by atoms with Gasteiger partial charge in [-0.2, -0.15) is 13.2 Å². The minimum Gasteiger partial charge on any atom is -0.341 e. The Bertz CT molecular complexity index is 813. The van der Waals surface area contributed by atoms with Crippen molar-refractivity contribution in [2.75, 3.05) is 19.6 Å². The van der Waals surface area contributed by atoms with Crippen LogP contribution in [-0.2, 0) is 15.8 Å². The summed E-state index contributed by atoms with van der Waals surface area (Å²) in [5.41, 5.74) is -0.422. The van der Waals surface area contributed by atoms with Gasteiger partial charge in [0, 0.05) is 13.1 Å². The molecule has 2 saturated heterocycles. The number of piperidine rings is 1. The molecule has 2 fully saturated rings. The molecule has 0 atom stereocenters. The number of benzene rings is 1. The van der Waals surface area contributed by atoms with Crippen LogP contribution >= 0.6 is 11.8 Å². The van der Waals surface area contributed by atoms with Crippen LogP contribution < -0.4 is 0 Å². The van der Waals surface area contributed by atoms with Gasteiger partial charge < -0.3 is 4.90 Å². The highest BCUT2D eigenvalue weighted by molar-refractivity contribution is 8.18. The molecule has 3 amide bonds. The van der Waals surface area contributed by atoms with Crippen molar-refractivity contribution in [3.05, 3.63) is 40.3 Å². The number of amides is 3. The number of nitrogens with zero attached hydrogens (tertiary/aromatic N) is 2. The normalized spacial score (nSPS) is 20.4. The maximum Gasteiger partial charge on any atom is 0.416 e. The van der Waals surface area contributed by atoms with Gasteiger partial charge in [-0.3, -0.25) is 19.3 Å². The third kappa shape index (κ3) is 4.57. The van der Waals surface area contributed by atoms with E-state index >= 15 is 0 Å². The highest BCUT2D eigenvalue weighted by Gasteiger charge is 2.37. The number of rotatable bonds is 3. The topological polar surface area (TPSA) is 57.7 Å². The fourth-order valence-corrected chi connectivity index (χ4v) is 3.89. The number of hydrogen-bond acceptors (Lipinski definition) is 4. The predicted octanol–water partition coefficient (Wildman–Crippen LogP) is 4.00. The van der Waals surface area contributed by atoms with Crippen LogP contribution in [0.1, 0.15) is 30.9 Å². The third-order valence-corrected chi connectivity index (χ3v) is 5.75. The molecular formula is C19H19F3N2O3S. The summed E-state index contributed by atoms with van der Waals surface area (Å²) in [7, 11) is 0. The fourth-order valence-electron chi connectivity index (χ4n) is 3.05. The van der Waals surface area contributed by atoms with Crippen molar-refractivity contribution in [1.29, 1.82) is 0 Å². The number of hydrogen-bond donors (Lipinski definition) is 0. The van der Waals surface area contributed by atoms with Crippen molar-refractivity contribution in [1.82, 2.24) is 9.80 Å². The van der Waals surface area contributed by atoms with E-state index in [1.807, 2.05) is 0 Å². The molecule has 0 unspecified atom stereocenters. The monoisotopic (exact) mass is 412 g/mol. The van der Waals surface area contributed by atoms with E-state index in [2.05, 4.69) is 6.92 Å². The highest BCUT2D eigenvalue weighted by Crippen LogP contribution is 2.33. The molecule has 0 radical (unpaired) electrons. The average molecular weight is 412 g/mol. The molecule has 0 aromatic heterocycles. The molecule has 3 rings (SSSR count). The second-order valence-electron chi connectivity index (χ2n) is 6.95. The van der Waals surface area contributed by atoms with Crippen molar-refractivity contribution in [3.63, 3.8) is 0 Å². The Morgan fingerprint density at radius 2 is 1.79 bits per heavy atom. The van der Waals surface area contributed by atoms with Crippen LogP contribution in [0.25, 0.3) is 6.08 Å². The second-order valence-corrected chi connectivity index (χ2v) is 7.94. The van der Waals surface area contributed by atoms with E-state index in [1.165, 1.54) is 18.2 Å². The van der Waals surface area contributed by atoms with Crippen LogP contribution in [0.5, 0.6) is 0 Å². The van der Waals surface area contributed by atoms with Gasteiger partial charge in [-0.15, -0.1) is 0 Å². The minimum atomic E-state index is -4.44. The van der Waals surface area contributed by atoms with Gasteiger partial charge in [-0.25, -0.2) is 0 Å². The molecule has 1 aromatic carbocycles. The Morgan fingerprint density at radius 1 is 1.18 bits per heavy atom. The summed E-state index contributed by atoms with van der Waals surface area (Å²) in [4.78, 5) is 39.7. The van der Waals surface area contributed by atoms with Gasteiger partial charge >= 0.3 is 6.18 Å². The smallest absolute Gasteiger partial charge is 0.341 e. The van der Waals surface area contributed by atoms with Gasteiger partial charge in [-0.1, -0.05) is 19.1 Å². The average Bonchev–Trinajstić information content (AvgIpc) is 2.89. The second kappa shape index (κ2) is 7.98. The predicted molar refractivity (Wildman–Crippen MR) is 99.1 cm³/mol. The number of carbonyl (C=O) groups excluding carboxylic acids is 3. The Kier molecular flexibility index (Phi) is 5.83. The van der Waals surface area contributed by atoms with Crippen molar-refractivity contribution in [2.24, 2.45) is 5.92 Å². The lowest BCUT2D eigenvalue weighted by molar-refractivity contribution is -0.137. The Hall–Kier alpha value is -2.29. The van der Waals surface area contributed by atoms with Gasteiger partial charge in [0.2, 0.25) is 5.91 Å². The lowest BCUT2D eigenvalue weighted by atomic mass is 9.99. The summed E-state index contributed by atoms with van der Waals surface area (Å²) < 4.78 is 37.9. The zero-order valence-electron chi connectivity index (χ0n) is 15.2. The third-order valence-electron chi connectivity index (χ3n) is 4.84. The molecule has 0 bridgehead atoms. The Morgan fingerprint density at radius 3 is 2.36 bits per heavy atom. The number of alkyl halides is 3. The fraction of sp³-hybridized carbons (Fsp3) is 0.421. The van der Waals surface area contributed by atoms with Crippen molar-refractivity contribution >= 4 is 34.9 Å². The first-order valence-electron chi connectivity index (χ1n) is 8.85. The van der Waals surface area contributed by atoms with Crippen LogP contribution in [0.3, 0.4) is 0 Å². The zero-order valence-corrected chi connectivity index (χ0v) is 16.0. The van der Waals surface area contributed by atoms with Crippen LogP contribution in [-0.4, -0.2) is 46.5 Å². The summed E-state index contributed by atoms with van der Waals surface area (Å²) in [6.45, 7) is 3.02. The summed E-state index contributed by atoms with van der Waals surface area (Å²) in [5, 5.41) is -0.554. The van der Waals surface area contributed by atoms with E-state index in [4.69, 9.17) is 0 Å². The number of thioether (sulfide) groups is 1. The first-order valence-corrected chi connectivity index (χ1v) is 9.67. The summed E-state index contributed by atoms with van der Waals surface area (Å²) in [6.07, 6.45) is -1.30. The molecule has 0 saturated carbocycles. The molecule has 2 aliphatic rings. The molecule has 0 aliphatic carbocycles. The first-order chi connectivity index (χ1) is 13.1. The largest absolute Gasteiger partial charge is 0.416 e.